The molecule has 1 aliphatic heterocycles. The summed E-state index contributed by atoms with van der Waals surface area (Å²) in [4.78, 5) is 2.10. The highest BCUT2D eigenvalue weighted by Gasteiger charge is 2.24. The average Bonchev–Trinajstić information content (AvgIpc) is 2.05. The van der Waals surface area contributed by atoms with Crippen LogP contribution in [0.2, 0.25) is 0 Å². The van der Waals surface area contributed by atoms with Gasteiger partial charge in [0.25, 0.3) is 0 Å². The second-order valence-corrected chi connectivity index (χ2v) is 5.48. The minimum absolute atomic E-state index is 0.309. The van der Waals surface area contributed by atoms with Crippen LogP contribution in [0, 0.1) is 0 Å². The number of hydrogen-bond acceptors (Lipinski definition) is 3. The number of piperazine rings is 1. The van der Waals surface area contributed by atoms with Crippen molar-refractivity contribution in [2.24, 2.45) is 0 Å². The van der Waals surface area contributed by atoms with Gasteiger partial charge in [-0.15, -0.1) is 11.6 Å². The lowest BCUT2D eigenvalue weighted by atomic mass is 10.4. The second kappa shape index (κ2) is 3.91. The fourth-order valence-corrected chi connectivity index (χ4v) is 2.41. The highest BCUT2D eigenvalue weighted by atomic mass is 35.5. The maximum Gasteiger partial charge on any atom is 0.228 e. The van der Waals surface area contributed by atoms with Gasteiger partial charge in [0.15, 0.2) is 0 Å². The number of nitrogens with zero attached hydrogens (tertiary/aromatic N) is 2. The Morgan fingerprint density at radius 1 is 1.25 bits per heavy atom. The van der Waals surface area contributed by atoms with Gasteiger partial charge in [0.2, 0.25) is 10.0 Å². The zero-order valence-corrected chi connectivity index (χ0v) is 8.61. The van der Waals surface area contributed by atoms with Crippen LogP contribution in [-0.4, -0.2) is 56.1 Å². The molecule has 0 amide bonds. The average molecular weight is 213 g/mol. The summed E-state index contributed by atoms with van der Waals surface area (Å²) in [5.41, 5.74) is 0. The Hall–Kier alpha value is 0.160. The van der Waals surface area contributed by atoms with Gasteiger partial charge in [-0.1, -0.05) is 0 Å². The van der Waals surface area contributed by atoms with Crippen molar-refractivity contribution in [1.82, 2.24) is 9.21 Å². The summed E-state index contributed by atoms with van der Waals surface area (Å²) in [7, 11) is -1.20. The molecule has 12 heavy (non-hydrogen) atoms. The van der Waals surface area contributed by atoms with E-state index in [1.54, 1.807) is 0 Å². The zero-order valence-electron chi connectivity index (χ0n) is 7.03. The molecule has 0 aromatic rings. The molecule has 0 saturated carbocycles. The van der Waals surface area contributed by atoms with Gasteiger partial charge in [-0.3, -0.25) is 0 Å². The number of hydrogen-bond donors (Lipinski definition) is 0. The van der Waals surface area contributed by atoms with Crippen LogP contribution in [0.1, 0.15) is 0 Å². The predicted molar refractivity (Wildman–Crippen MR) is 48.7 cm³/mol. The molecule has 1 aliphatic rings. The molecule has 0 aromatic heterocycles. The Morgan fingerprint density at radius 2 is 1.75 bits per heavy atom. The van der Waals surface area contributed by atoms with E-state index >= 15 is 0 Å². The van der Waals surface area contributed by atoms with Crippen molar-refractivity contribution in [3.05, 3.63) is 0 Å². The number of likely N-dealkylation sites (N-methyl/N-ethyl adjacent to an activating group) is 1. The highest BCUT2D eigenvalue weighted by Crippen LogP contribution is 2.07. The van der Waals surface area contributed by atoms with Crippen molar-refractivity contribution in [3.63, 3.8) is 0 Å². The van der Waals surface area contributed by atoms with Gasteiger partial charge in [0.05, 0.1) is 0 Å². The van der Waals surface area contributed by atoms with E-state index in [0.717, 1.165) is 13.1 Å². The van der Waals surface area contributed by atoms with E-state index in [1.807, 2.05) is 7.05 Å². The highest BCUT2D eigenvalue weighted by molar-refractivity contribution is 7.90. The van der Waals surface area contributed by atoms with Gasteiger partial charge in [0.1, 0.15) is 5.21 Å². The van der Waals surface area contributed by atoms with E-state index in [-0.39, 0.29) is 5.21 Å². The van der Waals surface area contributed by atoms with Gasteiger partial charge in [-0.25, -0.2) is 8.42 Å². The standard InChI is InChI=1S/C6H13ClN2O2S/c1-8-2-4-9(5-3-8)12(10,11)6-7/h2-6H2,1H3. The van der Waals surface area contributed by atoms with Crippen molar-refractivity contribution >= 4 is 21.6 Å². The van der Waals surface area contributed by atoms with Gasteiger partial charge < -0.3 is 4.90 Å². The van der Waals surface area contributed by atoms with Crippen LogP contribution < -0.4 is 0 Å². The number of sulfonamides is 1. The monoisotopic (exact) mass is 212 g/mol. The lowest BCUT2D eigenvalue weighted by Gasteiger charge is -2.30. The van der Waals surface area contributed by atoms with Crippen molar-refractivity contribution in [1.29, 1.82) is 0 Å². The van der Waals surface area contributed by atoms with Crippen LogP contribution in [0.3, 0.4) is 0 Å². The van der Waals surface area contributed by atoms with E-state index in [2.05, 4.69) is 4.90 Å². The molecule has 0 aliphatic carbocycles. The molecule has 0 N–H and O–H groups in total. The van der Waals surface area contributed by atoms with Crippen molar-refractivity contribution in [3.8, 4) is 0 Å². The lowest BCUT2D eigenvalue weighted by Crippen LogP contribution is -2.47. The van der Waals surface area contributed by atoms with Crippen LogP contribution in [0.4, 0.5) is 0 Å². The molecule has 1 fully saturated rings. The number of halogens is 1. The second-order valence-electron chi connectivity index (χ2n) is 2.92. The first-order valence-electron chi connectivity index (χ1n) is 3.78. The van der Waals surface area contributed by atoms with Crippen molar-refractivity contribution in [2.45, 2.75) is 0 Å². The minimum Gasteiger partial charge on any atom is -0.304 e. The Bertz CT molecular complexity index is 234. The third kappa shape index (κ3) is 2.32. The largest absolute Gasteiger partial charge is 0.304 e. The molecular weight excluding hydrogens is 200 g/mol. The molecule has 4 nitrogen and oxygen atoms in total. The third-order valence-electron chi connectivity index (χ3n) is 1.99. The van der Waals surface area contributed by atoms with E-state index < -0.39 is 10.0 Å². The summed E-state index contributed by atoms with van der Waals surface area (Å²) in [5.74, 6) is 0. The molecule has 0 spiro atoms. The van der Waals surface area contributed by atoms with Crippen LogP contribution in [0.25, 0.3) is 0 Å². The fourth-order valence-electron chi connectivity index (χ4n) is 1.14. The predicted octanol–water partition coefficient (Wildman–Crippen LogP) is -0.240. The normalized spacial score (nSPS) is 22.8. The van der Waals surface area contributed by atoms with E-state index in [1.165, 1.54) is 4.31 Å². The summed E-state index contributed by atoms with van der Waals surface area (Å²) in [6.45, 7) is 2.70. The van der Waals surface area contributed by atoms with Crippen molar-refractivity contribution < 1.29 is 8.42 Å². The summed E-state index contributed by atoms with van der Waals surface area (Å²) >= 11 is 5.32. The molecule has 1 saturated heterocycles. The maximum atomic E-state index is 11.2. The third-order valence-corrected chi connectivity index (χ3v) is 4.25. The van der Waals surface area contributed by atoms with Crippen LogP contribution in [0.15, 0.2) is 0 Å². The zero-order chi connectivity index (χ0) is 9.19. The SMILES string of the molecule is CN1CCN(S(=O)(=O)CCl)CC1. The summed E-state index contributed by atoms with van der Waals surface area (Å²) in [5, 5.41) is -0.309. The molecule has 0 radical (unpaired) electrons. The van der Waals surface area contributed by atoms with E-state index in [0.29, 0.717) is 13.1 Å². The first-order chi connectivity index (χ1) is 5.56. The molecule has 1 heterocycles. The first kappa shape index (κ1) is 10.2. The maximum absolute atomic E-state index is 11.2. The van der Waals surface area contributed by atoms with E-state index in [4.69, 9.17) is 11.6 Å². The van der Waals surface area contributed by atoms with Gasteiger partial charge in [-0.2, -0.15) is 4.31 Å². The van der Waals surface area contributed by atoms with Crippen LogP contribution in [0.5, 0.6) is 0 Å². The minimum atomic E-state index is -3.17. The van der Waals surface area contributed by atoms with Crippen LogP contribution >= 0.6 is 11.6 Å². The first-order valence-corrected chi connectivity index (χ1v) is 5.93. The fraction of sp³-hybridized carbons (Fsp3) is 1.00. The Morgan fingerprint density at radius 3 is 2.17 bits per heavy atom. The Labute approximate surface area is 78.1 Å². The summed E-state index contributed by atoms with van der Waals surface area (Å²) in [6, 6.07) is 0. The molecule has 72 valence electrons. The topological polar surface area (TPSA) is 40.6 Å². The quantitative estimate of drug-likeness (QED) is 0.594. The lowest BCUT2D eigenvalue weighted by molar-refractivity contribution is 0.223. The van der Waals surface area contributed by atoms with Crippen LogP contribution in [-0.2, 0) is 10.0 Å². The van der Waals surface area contributed by atoms with E-state index in [9.17, 15) is 8.42 Å². The van der Waals surface area contributed by atoms with Crippen molar-refractivity contribution in [2.75, 3.05) is 38.4 Å². The molecule has 0 unspecified atom stereocenters. The molecule has 0 aromatic carbocycles. The van der Waals surface area contributed by atoms with Gasteiger partial charge >= 0.3 is 0 Å². The number of rotatable bonds is 2. The Kier molecular flexibility index (Phi) is 3.34. The smallest absolute Gasteiger partial charge is 0.228 e. The Balaban J connectivity index is 2.56. The molecule has 1 rings (SSSR count). The summed E-state index contributed by atoms with van der Waals surface area (Å²) in [6.07, 6.45) is 0. The molecular formula is C6H13ClN2O2S. The molecule has 0 atom stereocenters. The molecule has 0 bridgehead atoms. The van der Waals surface area contributed by atoms with Gasteiger partial charge in [0, 0.05) is 26.2 Å². The number of alkyl halides is 1. The molecule has 6 heteroatoms. The van der Waals surface area contributed by atoms with Gasteiger partial charge in [-0.05, 0) is 7.05 Å². The summed E-state index contributed by atoms with van der Waals surface area (Å²) < 4.78 is 23.9.